The molecule has 0 atom stereocenters. The van der Waals surface area contributed by atoms with Crippen LogP contribution in [-0.4, -0.2) is 37.5 Å². The molecule has 3 heterocycles. The molecule has 0 unspecified atom stereocenters. The lowest BCUT2D eigenvalue weighted by Crippen LogP contribution is -2.49. The number of halogens is 3. The van der Waals surface area contributed by atoms with Crippen molar-refractivity contribution in [2.75, 3.05) is 6.54 Å². The second-order valence-corrected chi connectivity index (χ2v) is 12.1. The van der Waals surface area contributed by atoms with E-state index >= 15 is 0 Å². The van der Waals surface area contributed by atoms with Crippen LogP contribution in [0.2, 0.25) is 0 Å². The van der Waals surface area contributed by atoms with Gasteiger partial charge in [0.25, 0.3) is 5.91 Å². The quantitative estimate of drug-likeness (QED) is 0.536. The molecule has 4 saturated carbocycles. The van der Waals surface area contributed by atoms with Crippen LogP contribution < -0.4 is 0 Å². The van der Waals surface area contributed by atoms with E-state index in [0.717, 1.165) is 49.5 Å². The van der Waals surface area contributed by atoms with E-state index < -0.39 is 11.9 Å². The fraction of sp³-hybridized carbons (Fsp3) is 0.731. The molecule has 4 bridgehead atoms. The number of carbonyl (C=O) groups is 1. The second-order valence-electron chi connectivity index (χ2n) is 12.1. The maximum atomic E-state index is 14.2. The summed E-state index contributed by atoms with van der Waals surface area (Å²) < 4.78 is 43.5. The Hall–Kier alpha value is -2.12. The molecule has 5 fully saturated rings. The maximum absolute atomic E-state index is 14.2. The summed E-state index contributed by atoms with van der Waals surface area (Å²) in [6.07, 6.45) is 5.71. The molecule has 1 amide bonds. The third-order valence-electron chi connectivity index (χ3n) is 9.16. The number of amides is 1. The Bertz CT molecular complexity index is 1100. The highest BCUT2D eigenvalue weighted by Gasteiger charge is 2.53. The van der Waals surface area contributed by atoms with E-state index in [2.05, 4.69) is 5.10 Å². The minimum atomic E-state index is -4.58. The average Bonchev–Trinajstić information content (AvgIpc) is 3.09. The summed E-state index contributed by atoms with van der Waals surface area (Å²) in [6, 6.07) is 2.71. The Labute approximate surface area is 198 Å². The average molecular weight is 475 g/mol. The van der Waals surface area contributed by atoms with Crippen molar-refractivity contribution in [3.63, 3.8) is 0 Å². The van der Waals surface area contributed by atoms with Gasteiger partial charge in [0.2, 0.25) is 0 Å². The fourth-order valence-electron chi connectivity index (χ4n) is 7.93. The summed E-state index contributed by atoms with van der Waals surface area (Å²) in [4.78, 5) is 20.0. The highest BCUT2D eigenvalue weighted by Crippen LogP contribution is 2.60. The van der Waals surface area contributed by atoms with Gasteiger partial charge in [-0.1, -0.05) is 12.8 Å². The van der Waals surface area contributed by atoms with E-state index in [0.29, 0.717) is 30.0 Å². The molecule has 0 N–H and O–H groups in total. The molecule has 1 saturated heterocycles. The summed E-state index contributed by atoms with van der Waals surface area (Å²) in [7, 11) is 0. The van der Waals surface area contributed by atoms with E-state index in [1.165, 1.54) is 31.4 Å². The van der Waals surface area contributed by atoms with Crippen molar-refractivity contribution in [2.24, 2.45) is 17.8 Å². The Balaban J connectivity index is 1.44. The number of carbonyl (C=O) groups excluding carboxylic acids is 1. The van der Waals surface area contributed by atoms with Gasteiger partial charge in [-0.05, 0) is 89.0 Å². The first-order valence-corrected chi connectivity index (χ1v) is 12.8. The minimum absolute atomic E-state index is 0.0515. The van der Waals surface area contributed by atoms with Crippen LogP contribution in [0.1, 0.15) is 99.9 Å². The molecule has 7 rings (SSSR count). The van der Waals surface area contributed by atoms with Gasteiger partial charge in [-0.25, -0.2) is 9.50 Å². The van der Waals surface area contributed by atoms with Crippen molar-refractivity contribution < 1.29 is 18.0 Å². The maximum Gasteiger partial charge on any atom is 0.433 e. The largest absolute Gasteiger partial charge is 0.433 e. The molecule has 184 valence electrons. The molecule has 0 radical (unpaired) electrons. The standard InChI is InChI=1S/C26H33F3N4O/c1-24(2)6-4-3-5-7-32(24)23(34)19-11-22-30-20(12-21(26(27,28)29)33(22)31-19)25-13-16-8-17(14-25)10-18(9-16)15-25/h11-12,16-18H,3-10,13-15H2,1-2H3. The van der Waals surface area contributed by atoms with Crippen molar-refractivity contribution in [1.29, 1.82) is 0 Å². The molecule has 2 aromatic heterocycles. The van der Waals surface area contributed by atoms with Gasteiger partial charge in [-0.2, -0.15) is 18.3 Å². The number of aromatic nitrogens is 3. The van der Waals surface area contributed by atoms with E-state index in [-0.39, 0.29) is 28.2 Å². The molecule has 8 heteroatoms. The molecule has 34 heavy (non-hydrogen) atoms. The molecule has 0 aromatic carbocycles. The van der Waals surface area contributed by atoms with E-state index in [4.69, 9.17) is 4.98 Å². The molecular formula is C26H33F3N4O. The summed E-state index contributed by atoms with van der Waals surface area (Å²) in [6.45, 7) is 4.64. The van der Waals surface area contributed by atoms with Crippen LogP contribution in [0, 0.1) is 17.8 Å². The van der Waals surface area contributed by atoms with Crippen LogP contribution in [-0.2, 0) is 11.6 Å². The van der Waals surface area contributed by atoms with Crippen LogP contribution in [0.4, 0.5) is 13.2 Å². The van der Waals surface area contributed by atoms with Crippen molar-refractivity contribution in [2.45, 2.75) is 95.2 Å². The smallest absolute Gasteiger partial charge is 0.332 e. The Kier molecular flexibility index (Phi) is 4.89. The number of hydrogen-bond donors (Lipinski definition) is 0. The fourth-order valence-corrected chi connectivity index (χ4v) is 7.93. The summed E-state index contributed by atoms with van der Waals surface area (Å²) in [5.41, 5.74) is -0.698. The summed E-state index contributed by atoms with van der Waals surface area (Å²) in [5, 5.41) is 4.18. The number of likely N-dealkylation sites (tertiary alicyclic amines) is 1. The van der Waals surface area contributed by atoms with Crippen LogP contribution >= 0.6 is 0 Å². The van der Waals surface area contributed by atoms with Gasteiger partial charge in [0.15, 0.2) is 11.3 Å². The molecule has 2 aromatic rings. The molecule has 1 aliphatic heterocycles. The van der Waals surface area contributed by atoms with Gasteiger partial charge in [-0.3, -0.25) is 4.79 Å². The predicted molar refractivity (Wildman–Crippen MR) is 121 cm³/mol. The number of fused-ring (bicyclic) bond motifs is 1. The van der Waals surface area contributed by atoms with Gasteiger partial charge in [0, 0.05) is 23.6 Å². The van der Waals surface area contributed by atoms with Gasteiger partial charge in [0.1, 0.15) is 5.69 Å². The molecule has 5 nitrogen and oxygen atoms in total. The van der Waals surface area contributed by atoms with E-state index in [1.54, 1.807) is 4.90 Å². The molecule has 0 spiro atoms. The van der Waals surface area contributed by atoms with Gasteiger partial charge < -0.3 is 4.90 Å². The van der Waals surface area contributed by atoms with Gasteiger partial charge in [0.05, 0.1) is 5.69 Å². The third kappa shape index (κ3) is 3.54. The number of alkyl halides is 3. The molecule has 5 aliphatic rings. The molecular weight excluding hydrogens is 441 g/mol. The number of rotatable bonds is 2. The Morgan fingerprint density at radius 1 is 1.00 bits per heavy atom. The lowest BCUT2D eigenvalue weighted by Gasteiger charge is -2.56. The van der Waals surface area contributed by atoms with Crippen molar-refractivity contribution in [3.8, 4) is 0 Å². The zero-order valence-corrected chi connectivity index (χ0v) is 20.0. The van der Waals surface area contributed by atoms with Crippen LogP contribution in [0.15, 0.2) is 12.1 Å². The Morgan fingerprint density at radius 3 is 2.26 bits per heavy atom. The SMILES string of the molecule is CC1(C)CCCCCN1C(=O)c1cc2nc(C34CC5CC(CC(C5)C3)C4)cc(C(F)(F)F)n2n1. The highest BCUT2D eigenvalue weighted by atomic mass is 19.4. The van der Waals surface area contributed by atoms with E-state index in [9.17, 15) is 18.0 Å². The van der Waals surface area contributed by atoms with Crippen molar-refractivity contribution >= 4 is 11.6 Å². The summed E-state index contributed by atoms with van der Waals surface area (Å²) >= 11 is 0. The topological polar surface area (TPSA) is 50.5 Å². The van der Waals surface area contributed by atoms with Crippen LogP contribution in [0.25, 0.3) is 5.65 Å². The third-order valence-corrected chi connectivity index (χ3v) is 9.16. The Morgan fingerprint density at radius 2 is 1.65 bits per heavy atom. The molecule has 4 aliphatic carbocycles. The second kappa shape index (κ2) is 7.44. The number of hydrogen-bond acceptors (Lipinski definition) is 3. The zero-order valence-electron chi connectivity index (χ0n) is 20.0. The van der Waals surface area contributed by atoms with Crippen molar-refractivity contribution in [3.05, 3.63) is 29.2 Å². The monoisotopic (exact) mass is 474 g/mol. The van der Waals surface area contributed by atoms with Crippen LogP contribution in [0.3, 0.4) is 0 Å². The zero-order chi connectivity index (χ0) is 23.9. The first kappa shape index (κ1) is 22.4. The first-order valence-electron chi connectivity index (χ1n) is 12.8. The van der Waals surface area contributed by atoms with Gasteiger partial charge >= 0.3 is 6.18 Å². The lowest BCUT2D eigenvalue weighted by molar-refractivity contribution is -0.142. The summed E-state index contributed by atoms with van der Waals surface area (Å²) in [5.74, 6) is 1.50. The predicted octanol–water partition coefficient (Wildman–Crippen LogP) is 6.01. The van der Waals surface area contributed by atoms with Gasteiger partial charge in [-0.15, -0.1) is 0 Å². The normalized spacial score (nSPS) is 32.9. The first-order chi connectivity index (χ1) is 16.0. The van der Waals surface area contributed by atoms with Crippen LogP contribution in [0.5, 0.6) is 0 Å². The van der Waals surface area contributed by atoms with E-state index in [1.807, 2.05) is 13.8 Å². The minimum Gasteiger partial charge on any atom is -0.332 e. The highest BCUT2D eigenvalue weighted by molar-refractivity contribution is 5.94. The number of nitrogens with zero attached hydrogens (tertiary/aromatic N) is 4. The van der Waals surface area contributed by atoms with Crippen molar-refractivity contribution in [1.82, 2.24) is 19.5 Å². The lowest BCUT2D eigenvalue weighted by atomic mass is 9.49.